The summed E-state index contributed by atoms with van der Waals surface area (Å²) < 4.78 is 5.63. The molecule has 78 valence electrons. The van der Waals surface area contributed by atoms with Gasteiger partial charge in [0, 0.05) is 0 Å². The van der Waals surface area contributed by atoms with Crippen molar-refractivity contribution in [1.29, 1.82) is 0 Å². The Morgan fingerprint density at radius 1 is 1.38 bits per heavy atom. The van der Waals surface area contributed by atoms with E-state index in [4.69, 9.17) is 16.7 Å². The number of thiocarbonyl (C=S) groups is 1. The molecule has 0 atom stereocenters. The molecule has 4 heteroatoms. The van der Waals surface area contributed by atoms with Gasteiger partial charge < -0.3 is 4.53 Å². The Bertz CT molecular complexity index is 162. The number of hydroxylamine groups is 1. The molecule has 0 unspecified atom stereocenters. The summed E-state index contributed by atoms with van der Waals surface area (Å²) in [6.45, 7) is 8.66. The highest BCUT2D eigenvalue weighted by Gasteiger charge is 2.22. The van der Waals surface area contributed by atoms with E-state index in [1.54, 1.807) is 0 Å². The number of unbranched alkanes of at least 4 members (excludes halogenated alkanes) is 1. The molecule has 0 fully saturated rings. The quantitative estimate of drug-likeness (QED) is 0.421. The first-order valence-electron chi connectivity index (χ1n) is 4.98. The Labute approximate surface area is 88.1 Å². The largest absolute Gasteiger partial charge is 0.322 e. The van der Waals surface area contributed by atoms with E-state index in [1.807, 2.05) is 6.92 Å². The molecule has 0 aliphatic carbocycles. The van der Waals surface area contributed by atoms with Crippen molar-refractivity contribution in [3.8, 4) is 0 Å². The van der Waals surface area contributed by atoms with E-state index < -0.39 is 8.32 Å². The molecule has 0 amide bonds. The van der Waals surface area contributed by atoms with Crippen LogP contribution >= 0.6 is 12.2 Å². The van der Waals surface area contributed by atoms with Crippen LogP contribution in [0.4, 0.5) is 0 Å². The van der Waals surface area contributed by atoms with Crippen LogP contribution in [0.3, 0.4) is 0 Å². The molecule has 0 bridgehead atoms. The minimum atomic E-state index is -1.50. The van der Waals surface area contributed by atoms with Gasteiger partial charge in [-0.2, -0.15) is 0 Å². The van der Waals surface area contributed by atoms with Crippen LogP contribution in [0.5, 0.6) is 0 Å². The van der Waals surface area contributed by atoms with Crippen LogP contribution in [0.1, 0.15) is 33.1 Å². The number of nitrogens with one attached hydrogen (secondary N) is 1. The number of hydrogen-bond donors (Lipinski definition) is 1. The van der Waals surface area contributed by atoms with E-state index in [1.165, 1.54) is 18.9 Å². The monoisotopic (exact) mass is 219 g/mol. The predicted molar refractivity (Wildman–Crippen MR) is 64.3 cm³/mol. The fraction of sp³-hybridized carbons (Fsp3) is 0.889. The molecule has 0 rings (SSSR count). The first kappa shape index (κ1) is 13.1. The van der Waals surface area contributed by atoms with Crippen molar-refractivity contribution in [2.45, 2.75) is 52.2 Å². The summed E-state index contributed by atoms with van der Waals surface area (Å²) in [5, 5.41) is 0. The lowest BCUT2D eigenvalue weighted by atomic mass is 10.4. The third-order valence-corrected chi connectivity index (χ3v) is 4.48. The highest BCUT2D eigenvalue weighted by Crippen LogP contribution is 2.13. The van der Waals surface area contributed by atoms with Crippen LogP contribution < -0.4 is 5.48 Å². The summed E-state index contributed by atoms with van der Waals surface area (Å²) in [7, 11) is -1.50. The highest BCUT2D eigenvalue weighted by atomic mass is 32.1. The van der Waals surface area contributed by atoms with Crippen molar-refractivity contribution in [2.75, 3.05) is 0 Å². The molecule has 0 radical (unpaired) electrons. The summed E-state index contributed by atoms with van der Waals surface area (Å²) in [6.07, 6.45) is 3.34. The van der Waals surface area contributed by atoms with Gasteiger partial charge in [0.1, 0.15) is 0 Å². The average Bonchev–Trinajstić information content (AvgIpc) is 2.11. The number of hydrogen-bond acceptors (Lipinski definition) is 2. The molecule has 0 saturated heterocycles. The van der Waals surface area contributed by atoms with Crippen LogP contribution in [0.2, 0.25) is 19.1 Å². The van der Waals surface area contributed by atoms with Crippen molar-refractivity contribution in [1.82, 2.24) is 5.48 Å². The van der Waals surface area contributed by atoms with Crippen LogP contribution in [-0.2, 0) is 4.53 Å². The summed E-state index contributed by atoms with van der Waals surface area (Å²) in [4.78, 5) is 0.803. The highest BCUT2D eigenvalue weighted by molar-refractivity contribution is 7.80. The smallest absolute Gasteiger partial charge is 0.223 e. The molecule has 1 N–H and O–H groups in total. The summed E-state index contributed by atoms with van der Waals surface area (Å²) in [6, 6.07) is 1.20. The summed E-state index contributed by atoms with van der Waals surface area (Å²) in [5.74, 6) is 0. The molecular formula is C9H21NOSSi. The molecule has 0 aliphatic heterocycles. The SMILES string of the molecule is CCCC[Si](C)(C)ONC(=S)CC. The van der Waals surface area contributed by atoms with Gasteiger partial charge in [-0.3, -0.25) is 5.48 Å². The Morgan fingerprint density at radius 3 is 2.46 bits per heavy atom. The molecule has 0 heterocycles. The predicted octanol–water partition coefficient (Wildman–Crippen LogP) is 3.25. The second-order valence-corrected chi connectivity index (χ2v) is 8.56. The van der Waals surface area contributed by atoms with Gasteiger partial charge in [0.05, 0.1) is 4.99 Å². The first-order valence-corrected chi connectivity index (χ1v) is 8.51. The lowest BCUT2D eigenvalue weighted by Gasteiger charge is -2.22. The minimum absolute atomic E-state index is 0.803. The van der Waals surface area contributed by atoms with Crippen molar-refractivity contribution < 1.29 is 4.53 Å². The maximum absolute atomic E-state index is 5.63. The first-order chi connectivity index (χ1) is 6.02. The zero-order chi connectivity index (χ0) is 10.3. The number of rotatable bonds is 6. The molecule has 0 aromatic rings. The minimum Gasteiger partial charge on any atom is -0.322 e. The van der Waals surface area contributed by atoms with Crippen molar-refractivity contribution in [3.05, 3.63) is 0 Å². The van der Waals surface area contributed by atoms with E-state index in [2.05, 4.69) is 25.5 Å². The lowest BCUT2D eigenvalue weighted by Crippen LogP contribution is -2.38. The van der Waals surface area contributed by atoms with E-state index in [0.29, 0.717) is 0 Å². The third-order valence-electron chi connectivity index (χ3n) is 1.89. The fourth-order valence-electron chi connectivity index (χ4n) is 0.921. The summed E-state index contributed by atoms with van der Waals surface area (Å²) >= 11 is 5.02. The van der Waals surface area contributed by atoms with Gasteiger partial charge in [-0.15, -0.1) is 0 Å². The molecule has 2 nitrogen and oxygen atoms in total. The van der Waals surface area contributed by atoms with E-state index in [-0.39, 0.29) is 0 Å². The Hall–Kier alpha value is 0.0669. The molecule has 13 heavy (non-hydrogen) atoms. The van der Waals surface area contributed by atoms with E-state index in [9.17, 15) is 0 Å². The summed E-state index contributed by atoms with van der Waals surface area (Å²) in [5.41, 5.74) is 2.87. The van der Waals surface area contributed by atoms with Gasteiger partial charge in [-0.1, -0.05) is 38.9 Å². The molecule has 0 spiro atoms. The van der Waals surface area contributed by atoms with E-state index >= 15 is 0 Å². The Morgan fingerprint density at radius 2 is 2.00 bits per heavy atom. The lowest BCUT2D eigenvalue weighted by molar-refractivity contribution is 0.250. The van der Waals surface area contributed by atoms with Crippen LogP contribution in [0, 0.1) is 0 Å². The second kappa shape index (κ2) is 6.51. The van der Waals surface area contributed by atoms with Crippen LogP contribution in [0.25, 0.3) is 0 Å². The molecule has 0 saturated carbocycles. The van der Waals surface area contributed by atoms with Gasteiger partial charge >= 0.3 is 0 Å². The maximum atomic E-state index is 5.63. The standard InChI is InChI=1S/C9H21NOSSi/c1-5-7-8-13(3,4)11-10-9(12)6-2/h5-8H2,1-4H3,(H,10,12). The topological polar surface area (TPSA) is 21.3 Å². The second-order valence-electron chi connectivity index (χ2n) is 3.84. The normalized spacial score (nSPS) is 11.4. The van der Waals surface area contributed by atoms with Crippen molar-refractivity contribution >= 4 is 25.5 Å². The molecule has 0 aromatic carbocycles. The Balaban J connectivity index is 3.67. The molecular weight excluding hydrogens is 198 g/mol. The molecule has 0 aliphatic rings. The van der Waals surface area contributed by atoms with Crippen molar-refractivity contribution in [3.63, 3.8) is 0 Å². The van der Waals surface area contributed by atoms with Gasteiger partial charge in [0.25, 0.3) is 0 Å². The van der Waals surface area contributed by atoms with Crippen LogP contribution in [0.15, 0.2) is 0 Å². The zero-order valence-electron chi connectivity index (χ0n) is 9.14. The average molecular weight is 219 g/mol. The van der Waals surface area contributed by atoms with Gasteiger partial charge in [0.15, 0.2) is 0 Å². The van der Waals surface area contributed by atoms with Gasteiger partial charge in [0.2, 0.25) is 8.32 Å². The van der Waals surface area contributed by atoms with E-state index in [0.717, 1.165) is 11.4 Å². The maximum Gasteiger partial charge on any atom is 0.223 e. The Kier molecular flexibility index (Phi) is 6.54. The van der Waals surface area contributed by atoms with Gasteiger partial charge in [-0.25, -0.2) is 0 Å². The third kappa shape index (κ3) is 7.16. The fourth-order valence-corrected chi connectivity index (χ4v) is 2.74. The molecule has 0 aromatic heterocycles. The zero-order valence-corrected chi connectivity index (χ0v) is 11.0. The van der Waals surface area contributed by atoms with Gasteiger partial charge in [-0.05, 0) is 25.6 Å². The van der Waals surface area contributed by atoms with Crippen molar-refractivity contribution in [2.24, 2.45) is 0 Å². The van der Waals surface area contributed by atoms with Crippen LogP contribution in [-0.4, -0.2) is 13.3 Å².